The third-order valence-electron chi connectivity index (χ3n) is 7.01. The summed E-state index contributed by atoms with van der Waals surface area (Å²) in [5.74, 6) is -0.440. The number of benzene rings is 2. The maximum atomic E-state index is 13.4. The van der Waals surface area contributed by atoms with Crippen molar-refractivity contribution >= 4 is 11.6 Å². The second kappa shape index (κ2) is 9.53. The van der Waals surface area contributed by atoms with Crippen molar-refractivity contribution < 1.29 is 23.0 Å². The first-order valence-corrected chi connectivity index (χ1v) is 12.4. The number of hydrogen-bond acceptors (Lipinski definition) is 4. The first-order valence-electron chi connectivity index (χ1n) is 12.4. The molecule has 0 unspecified atom stereocenters. The van der Waals surface area contributed by atoms with Gasteiger partial charge in [-0.25, -0.2) is 8.78 Å². The quantitative estimate of drug-likeness (QED) is 0.516. The SMILES string of the molecule is CCc1cc(N2CC[C@H](Oc3ccc(C4CC4)cc3)C2=O)ccc1OCCN1CCC(F)(F)C1. The van der Waals surface area contributed by atoms with Crippen LogP contribution in [0.2, 0.25) is 0 Å². The van der Waals surface area contributed by atoms with E-state index in [1.807, 2.05) is 37.3 Å². The Morgan fingerprint density at radius 2 is 1.85 bits per heavy atom. The number of aryl methyl sites for hydroxylation is 1. The van der Waals surface area contributed by atoms with Crippen molar-refractivity contribution in [2.45, 2.75) is 57.0 Å². The Labute approximate surface area is 199 Å². The fourth-order valence-corrected chi connectivity index (χ4v) is 4.85. The number of alkyl halides is 2. The summed E-state index contributed by atoms with van der Waals surface area (Å²) in [7, 11) is 0. The summed E-state index contributed by atoms with van der Waals surface area (Å²) >= 11 is 0. The van der Waals surface area contributed by atoms with Gasteiger partial charge in [0.1, 0.15) is 18.1 Å². The normalized spacial score (nSPS) is 22.4. The minimum atomic E-state index is -2.58. The van der Waals surface area contributed by atoms with E-state index in [-0.39, 0.29) is 18.9 Å². The molecule has 182 valence electrons. The summed E-state index contributed by atoms with van der Waals surface area (Å²) in [5, 5.41) is 0. The van der Waals surface area contributed by atoms with Crippen LogP contribution in [0.25, 0.3) is 0 Å². The zero-order chi connectivity index (χ0) is 23.7. The minimum Gasteiger partial charge on any atom is -0.492 e. The molecule has 1 amide bonds. The first kappa shape index (κ1) is 23.1. The molecule has 3 fully saturated rings. The van der Waals surface area contributed by atoms with E-state index in [1.165, 1.54) is 18.4 Å². The van der Waals surface area contributed by atoms with Gasteiger partial charge in [0, 0.05) is 38.2 Å². The fourth-order valence-electron chi connectivity index (χ4n) is 4.85. The monoisotopic (exact) mass is 470 g/mol. The molecule has 1 aliphatic carbocycles. The molecule has 7 heteroatoms. The van der Waals surface area contributed by atoms with Gasteiger partial charge >= 0.3 is 0 Å². The zero-order valence-electron chi connectivity index (χ0n) is 19.6. The Morgan fingerprint density at radius 1 is 1.06 bits per heavy atom. The highest BCUT2D eigenvalue weighted by molar-refractivity contribution is 5.99. The number of ether oxygens (including phenoxy) is 2. The molecular weight excluding hydrogens is 438 g/mol. The molecule has 2 saturated heterocycles. The molecule has 2 aromatic carbocycles. The van der Waals surface area contributed by atoms with Crippen molar-refractivity contribution in [1.82, 2.24) is 4.90 Å². The van der Waals surface area contributed by atoms with Crippen molar-refractivity contribution in [3.05, 3.63) is 53.6 Å². The Balaban J connectivity index is 1.17. The number of likely N-dealkylation sites (tertiary alicyclic amines) is 1. The van der Waals surface area contributed by atoms with Gasteiger partial charge in [0.05, 0.1) is 6.54 Å². The third-order valence-corrected chi connectivity index (χ3v) is 7.01. The summed E-state index contributed by atoms with van der Waals surface area (Å²) in [6.45, 7) is 3.69. The van der Waals surface area contributed by atoms with Crippen LogP contribution in [0.1, 0.15) is 49.7 Å². The molecule has 2 heterocycles. The number of nitrogens with zero attached hydrogens (tertiary/aromatic N) is 2. The smallest absolute Gasteiger partial charge is 0.268 e. The van der Waals surface area contributed by atoms with Crippen molar-refractivity contribution in [2.75, 3.05) is 37.7 Å². The predicted octanol–water partition coefficient (Wildman–Crippen LogP) is 5.03. The highest BCUT2D eigenvalue weighted by Gasteiger charge is 2.38. The highest BCUT2D eigenvalue weighted by atomic mass is 19.3. The lowest BCUT2D eigenvalue weighted by Crippen LogP contribution is -2.32. The second-order valence-corrected chi connectivity index (χ2v) is 9.60. The van der Waals surface area contributed by atoms with E-state index in [0.29, 0.717) is 38.6 Å². The summed E-state index contributed by atoms with van der Waals surface area (Å²) in [6.07, 6.45) is 3.35. The molecule has 34 heavy (non-hydrogen) atoms. The number of halogens is 2. The molecule has 0 N–H and O–H groups in total. The lowest BCUT2D eigenvalue weighted by atomic mass is 10.1. The van der Waals surface area contributed by atoms with E-state index in [1.54, 1.807) is 9.80 Å². The lowest BCUT2D eigenvalue weighted by Gasteiger charge is -2.20. The zero-order valence-corrected chi connectivity index (χ0v) is 19.6. The van der Waals surface area contributed by atoms with Gasteiger partial charge in [0.15, 0.2) is 6.10 Å². The molecule has 0 bridgehead atoms. The van der Waals surface area contributed by atoms with Crippen LogP contribution in [0.4, 0.5) is 14.5 Å². The Morgan fingerprint density at radius 3 is 2.53 bits per heavy atom. The van der Waals surface area contributed by atoms with Crippen molar-refractivity contribution in [2.24, 2.45) is 0 Å². The summed E-state index contributed by atoms with van der Waals surface area (Å²) in [4.78, 5) is 16.6. The Kier molecular flexibility index (Phi) is 6.47. The van der Waals surface area contributed by atoms with Crippen LogP contribution < -0.4 is 14.4 Å². The third kappa shape index (κ3) is 5.19. The van der Waals surface area contributed by atoms with Crippen LogP contribution in [0.15, 0.2) is 42.5 Å². The lowest BCUT2D eigenvalue weighted by molar-refractivity contribution is -0.122. The van der Waals surface area contributed by atoms with Gasteiger partial charge < -0.3 is 14.4 Å². The van der Waals surface area contributed by atoms with Crippen LogP contribution >= 0.6 is 0 Å². The van der Waals surface area contributed by atoms with E-state index >= 15 is 0 Å². The predicted molar refractivity (Wildman–Crippen MR) is 127 cm³/mol. The summed E-state index contributed by atoms with van der Waals surface area (Å²) < 4.78 is 38.7. The average Bonchev–Trinajstić information content (AvgIpc) is 3.54. The number of amides is 1. The second-order valence-electron chi connectivity index (χ2n) is 9.60. The number of carbonyl (C=O) groups excluding carboxylic acids is 1. The molecule has 5 nitrogen and oxygen atoms in total. The van der Waals surface area contributed by atoms with E-state index in [0.717, 1.165) is 29.2 Å². The van der Waals surface area contributed by atoms with Crippen molar-refractivity contribution in [1.29, 1.82) is 0 Å². The largest absolute Gasteiger partial charge is 0.492 e. The number of carbonyl (C=O) groups is 1. The molecule has 5 rings (SSSR count). The van der Waals surface area contributed by atoms with Gasteiger partial charge in [-0.2, -0.15) is 0 Å². The number of hydrogen-bond donors (Lipinski definition) is 0. The molecule has 2 aliphatic heterocycles. The van der Waals surface area contributed by atoms with Crippen molar-refractivity contribution in [3.8, 4) is 11.5 Å². The van der Waals surface area contributed by atoms with E-state index < -0.39 is 12.0 Å². The fraction of sp³-hybridized carbons (Fsp3) is 0.519. The van der Waals surface area contributed by atoms with Gasteiger partial charge in [-0.1, -0.05) is 19.1 Å². The molecule has 2 aromatic rings. The Bertz CT molecular complexity index is 1020. The van der Waals surface area contributed by atoms with Gasteiger partial charge in [0.2, 0.25) is 0 Å². The summed E-state index contributed by atoms with van der Waals surface area (Å²) in [5.41, 5.74) is 3.18. The van der Waals surface area contributed by atoms with Gasteiger partial charge in [-0.05, 0) is 66.6 Å². The van der Waals surface area contributed by atoms with Crippen molar-refractivity contribution in [3.63, 3.8) is 0 Å². The maximum absolute atomic E-state index is 13.4. The van der Waals surface area contributed by atoms with Crippen LogP contribution in [-0.4, -0.2) is 55.6 Å². The Hall–Kier alpha value is -2.67. The van der Waals surface area contributed by atoms with Gasteiger partial charge in [-0.3, -0.25) is 9.69 Å². The molecule has 3 aliphatic rings. The first-order chi connectivity index (χ1) is 16.4. The molecule has 0 spiro atoms. The molecular formula is C27H32F2N2O3. The van der Waals surface area contributed by atoms with Gasteiger partial charge in [-0.15, -0.1) is 0 Å². The molecule has 0 aromatic heterocycles. The number of anilines is 1. The number of rotatable bonds is 9. The standard InChI is InChI=1S/C27H32F2N2O3/c1-2-19-17-22(7-10-24(19)33-16-15-30-14-12-27(28,29)18-30)31-13-11-25(26(31)32)34-23-8-5-21(6-9-23)20-3-4-20/h5-10,17,20,25H,2-4,11-16,18H2,1H3/t25-/m0/s1. The topological polar surface area (TPSA) is 42.0 Å². The average molecular weight is 471 g/mol. The molecule has 1 saturated carbocycles. The van der Waals surface area contributed by atoms with E-state index in [9.17, 15) is 13.6 Å². The molecule has 0 radical (unpaired) electrons. The van der Waals surface area contributed by atoms with Gasteiger partial charge in [0.25, 0.3) is 11.8 Å². The summed E-state index contributed by atoms with van der Waals surface area (Å²) in [6, 6.07) is 13.9. The van der Waals surface area contributed by atoms with Crippen LogP contribution in [0.3, 0.4) is 0 Å². The van der Waals surface area contributed by atoms with E-state index in [2.05, 4.69) is 12.1 Å². The minimum absolute atomic E-state index is 0.0306. The van der Waals surface area contributed by atoms with Crippen LogP contribution in [0, 0.1) is 0 Å². The van der Waals surface area contributed by atoms with E-state index in [4.69, 9.17) is 9.47 Å². The highest BCUT2D eigenvalue weighted by Crippen LogP contribution is 2.40. The molecule has 1 atom stereocenters. The van der Waals surface area contributed by atoms with Crippen LogP contribution in [-0.2, 0) is 11.2 Å². The van der Waals surface area contributed by atoms with Crippen LogP contribution in [0.5, 0.6) is 11.5 Å². The maximum Gasteiger partial charge on any atom is 0.268 e.